The maximum absolute atomic E-state index is 15.3. The summed E-state index contributed by atoms with van der Waals surface area (Å²) in [5.41, 5.74) is 0. The van der Waals surface area contributed by atoms with Crippen molar-refractivity contribution < 1.29 is 67.3 Å². The minimum atomic E-state index is -1.65. The van der Waals surface area contributed by atoms with Crippen LogP contribution in [0.25, 0.3) is 0 Å². The fourth-order valence-corrected chi connectivity index (χ4v) is 12.3. The van der Waals surface area contributed by atoms with E-state index in [-0.39, 0.29) is 56.6 Å². The van der Waals surface area contributed by atoms with Gasteiger partial charge in [-0.05, 0) is 115 Å². The molecule has 2 aliphatic heterocycles. The van der Waals surface area contributed by atoms with Crippen LogP contribution in [-0.4, -0.2) is 277 Å². The summed E-state index contributed by atoms with van der Waals surface area (Å²) in [6.07, 6.45) is 4.50. The van der Waals surface area contributed by atoms with Gasteiger partial charge in [0.05, 0.1) is 32.0 Å². The monoisotopic (exact) mass is 1360 g/mol. The number of ether oxygens (including phenoxy) is 2. The van der Waals surface area contributed by atoms with E-state index in [4.69, 9.17) is 9.47 Å². The summed E-state index contributed by atoms with van der Waals surface area (Å²) in [6.45, 7) is 34.6. The fraction of sp³-hybridized carbons (Fsp3) is 0.786. The van der Waals surface area contributed by atoms with Crippen LogP contribution in [0.5, 0.6) is 0 Å². The molecule has 0 spiro atoms. The molecule has 5 N–H and O–H groups in total. The van der Waals surface area contributed by atoms with Crippen molar-refractivity contribution in [2.75, 3.05) is 94.8 Å². The zero-order valence-electron chi connectivity index (χ0n) is 62.3. The summed E-state index contributed by atoms with van der Waals surface area (Å²) in [5.74, 6) is -10.2. The first-order valence-corrected chi connectivity index (χ1v) is 34.7. The molecule has 0 saturated carbocycles. The van der Waals surface area contributed by atoms with Gasteiger partial charge in [-0.1, -0.05) is 101 Å². The van der Waals surface area contributed by atoms with Crippen LogP contribution in [0, 0.1) is 35.5 Å². The Kier molecular flexibility index (Phi) is 36.6. The van der Waals surface area contributed by atoms with Crippen molar-refractivity contribution in [3.05, 3.63) is 24.8 Å². The second-order valence-corrected chi connectivity index (χ2v) is 28.5. The number of rotatable bonds is 22. The van der Waals surface area contributed by atoms with Crippen LogP contribution in [0.15, 0.2) is 24.8 Å². The molecule has 0 unspecified atom stereocenters. The van der Waals surface area contributed by atoms with Crippen molar-refractivity contribution in [2.45, 2.75) is 228 Å². The lowest BCUT2D eigenvalue weighted by Gasteiger charge is -2.41. The average Bonchev–Trinajstić information content (AvgIpc) is 0.812. The van der Waals surface area contributed by atoms with E-state index in [1.165, 1.54) is 86.7 Å². The van der Waals surface area contributed by atoms with Crippen LogP contribution in [0.4, 0.5) is 0 Å². The van der Waals surface area contributed by atoms with Crippen LogP contribution in [0.3, 0.4) is 0 Å². The lowest BCUT2D eigenvalue weighted by molar-refractivity contribution is -0.157. The van der Waals surface area contributed by atoms with E-state index < -0.39 is 162 Å². The number of carbonyl (C=O) groups excluding carboxylic acids is 11. The molecule has 0 aromatic carbocycles. The van der Waals surface area contributed by atoms with E-state index >= 15 is 24.0 Å². The summed E-state index contributed by atoms with van der Waals surface area (Å²) in [5, 5.41) is 23.3. The van der Waals surface area contributed by atoms with Gasteiger partial charge in [0.1, 0.15) is 60.4 Å². The summed E-state index contributed by atoms with van der Waals surface area (Å²) in [4.78, 5) is 174. The first kappa shape index (κ1) is 85.6. The van der Waals surface area contributed by atoms with E-state index in [9.17, 15) is 33.9 Å². The van der Waals surface area contributed by atoms with Crippen molar-refractivity contribution in [1.82, 2.24) is 60.5 Å². The zero-order valence-corrected chi connectivity index (χ0v) is 62.3. The van der Waals surface area contributed by atoms with Crippen molar-refractivity contribution in [1.29, 1.82) is 0 Å². The highest BCUT2D eigenvalue weighted by Gasteiger charge is 2.46. The Hall–Kier alpha value is -6.51. The zero-order chi connectivity index (χ0) is 73.3. The molecule has 0 aromatic rings. The van der Waals surface area contributed by atoms with Crippen molar-refractivity contribution >= 4 is 65.0 Å². The number of unbranched alkanes of at least 4 members (excludes halogenated alkanes) is 1. The molecule has 26 heteroatoms. The van der Waals surface area contributed by atoms with Crippen molar-refractivity contribution in [3.63, 3.8) is 0 Å². The first-order valence-electron chi connectivity index (χ1n) is 34.7. The Morgan fingerprint density at radius 1 is 0.573 bits per heavy atom. The first-order chi connectivity index (χ1) is 44.8. The lowest BCUT2D eigenvalue weighted by atomic mass is 9.91. The Morgan fingerprint density at radius 2 is 1.07 bits per heavy atom. The van der Waals surface area contributed by atoms with Crippen molar-refractivity contribution in [3.8, 4) is 0 Å². The molecule has 11 amide bonds. The van der Waals surface area contributed by atoms with Crippen LogP contribution in [-0.2, 0) is 62.2 Å². The summed E-state index contributed by atoms with van der Waals surface area (Å²) >= 11 is 0. The number of carbonyl (C=O) groups is 11. The number of hydrogen-bond donors (Lipinski definition) is 5. The quantitative estimate of drug-likeness (QED) is 0.0768. The number of likely N-dealkylation sites (N-methyl/N-ethyl adjacent to an activating group) is 6. The molecule has 0 radical (unpaired) electrons. The number of nitrogens with one attached hydrogen (secondary N) is 4. The van der Waals surface area contributed by atoms with Crippen LogP contribution >= 0.6 is 0 Å². The Balaban J connectivity index is 3.03. The Bertz CT molecular complexity index is 2610. The molecule has 13 atom stereocenters. The highest BCUT2D eigenvalue weighted by atomic mass is 16.5. The highest BCUT2D eigenvalue weighted by molar-refractivity contribution is 5.99. The molecule has 2 aliphatic rings. The highest BCUT2D eigenvalue weighted by Crippen LogP contribution is 2.26. The van der Waals surface area contributed by atoms with Gasteiger partial charge in [-0.25, -0.2) is 0 Å². The molecule has 26 nitrogen and oxygen atoms in total. The van der Waals surface area contributed by atoms with E-state index in [1.54, 1.807) is 67.5 Å². The molecule has 96 heavy (non-hydrogen) atoms. The normalized spacial score (nSPS) is 26.6. The molecular formula is C70H124N12O14. The molecule has 548 valence electrons. The van der Waals surface area contributed by atoms with Crippen LogP contribution in [0.1, 0.15) is 156 Å². The molecule has 2 fully saturated rings. The Morgan fingerprint density at radius 3 is 1.58 bits per heavy atom. The molecule has 0 aromatic heterocycles. The second kappa shape index (κ2) is 41.0. The number of aliphatic hydroxyl groups excluding tert-OH is 1. The predicted octanol–water partition coefficient (Wildman–Crippen LogP) is 3.30. The smallest absolute Gasteiger partial charge is 0.246 e. The molecular weight excluding hydrogens is 1230 g/mol. The van der Waals surface area contributed by atoms with Gasteiger partial charge < -0.3 is 70.1 Å². The number of amides is 11. The molecule has 0 aliphatic carbocycles. The predicted molar refractivity (Wildman–Crippen MR) is 370 cm³/mol. The Labute approximate surface area is 574 Å². The number of nitrogens with zero attached hydrogens (tertiary/aromatic N) is 8. The number of aliphatic hydroxyl groups is 1. The van der Waals surface area contributed by atoms with Gasteiger partial charge in [-0.2, -0.15) is 0 Å². The van der Waals surface area contributed by atoms with Crippen LogP contribution in [0.2, 0.25) is 0 Å². The van der Waals surface area contributed by atoms with Crippen molar-refractivity contribution in [2.24, 2.45) is 35.5 Å². The summed E-state index contributed by atoms with van der Waals surface area (Å²) < 4.78 is 11.9. The van der Waals surface area contributed by atoms with E-state index in [2.05, 4.69) is 32.7 Å². The third kappa shape index (κ3) is 24.8. The third-order valence-electron chi connectivity index (χ3n) is 18.3. The number of allylic oxidation sites excluding steroid dienone is 2. The largest absolute Gasteiger partial charge is 0.390 e. The lowest BCUT2D eigenvalue weighted by Crippen LogP contribution is -2.63. The third-order valence-corrected chi connectivity index (χ3v) is 18.3. The van der Waals surface area contributed by atoms with E-state index in [0.717, 1.165) is 35.9 Å². The topological polar surface area (TPSA) is 300 Å². The standard InChI is InChI=1S/C70H124N12O14/c1-24-27-30-47(14)60(84)59-64(88)73-51(26-3)66(90)75(18)41-55(83)82(31-25-2)58(50(17)96-35-29-28-32-81-33-36-95-37-34-81)63(87)74-56(45(10)11)69(93)76(19)52(38-42(4)5)62(86)71-48(15)61(85)72-49(16)65(89)77(20)53(39-43(6)7)67(91)78(21)54(40-44(8)9)68(92)79(22)57(46(12)13)70(94)80(59)23/h24-25,27,42-54,56-60,84H,2,26,28-41H2,1,3-23H3,(H,71,86)(H,72,85)(H,73,88)(H,74,87)/b27-24+/t47-,48+,49+,50-,51+,52-,53+,54-,56+,57+,58+,59+,60-/m1/s1. The SMILES string of the molecule is C=CCN1C(=O)CN(C)C(=O)[C@H](CC)NC(=O)[C@H]([C@H](O)[C@H](C)C/C=C/C)N(C)C(=O)[C@H](C(C)C)N(C)C(=O)[C@@H](CC(C)C)N(C)C(=O)[C@H](CC(C)C)N(C)C(=O)[C@H](C)NC(=O)[C@H](C)NC(=O)[C@@H](CC(C)C)N(C)C(=O)[C@H](C(C)C)NC(=O)[C@@H]1[C@@H](C)OCCCCN1CCOCC1. The molecule has 2 heterocycles. The van der Waals surface area contributed by atoms with Gasteiger partial charge in [-0.3, -0.25) is 57.6 Å². The molecule has 2 saturated heterocycles. The van der Waals surface area contributed by atoms with Gasteiger partial charge in [0.2, 0.25) is 65.0 Å². The summed E-state index contributed by atoms with van der Waals surface area (Å²) in [6, 6.07) is -13.0. The van der Waals surface area contributed by atoms with E-state index in [0.29, 0.717) is 26.1 Å². The minimum Gasteiger partial charge on any atom is -0.390 e. The van der Waals surface area contributed by atoms with Gasteiger partial charge in [0.25, 0.3) is 0 Å². The second-order valence-electron chi connectivity index (χ2n) is 28.5. The van der Waals surface area contributed by atoms with Crippen LogP contribution < -0.4 is 21.3 Å². The maximum atomic E-state index is 15.3. The fourth-order valence-electron chi connectivity index (χ4n) is 12.3. The summed E-state index contributed by atoms with van der Waals surface area (Å²) in [7, 11) is 8.47. The minimum absolute atomic E-state index is 0.0152. The van der Waals surface area contributed by atoms with Gasteiger partial charge in [-0.15, -0.1) is 6.58 Å². The maximum Gasteiger partial charge on any atom is 0.246 e. The molecule has 2 rings (SSSR count). The number of hydrogen-bond acceptors (Lipinski definition) is 15. The van der Waals surface area contributed by atoms with Gasteiger partial charge >= 0.3 is 0 Å². The van der Waals surface area contributed by atoms with E-state index in [1.807, 2.05) is 41.5 Å². The van der Waals surface area contributed by atoms with Gasteiger partial charge in [0, 0.05) is 68.5 Å². The average molecular weight is 1360 g/mol. The van der Waals surface area contributed by atoms with Gasteiger partial charge in [0.15, 0.2) is 0 Å². The molecule has 0 bridgehead atoms. The number of morpholine rings is 1.